The Kier molecular flexibility index (Phi) is 4.80. The van der Waals surface area contributed by atoms with Crippen LogP contribution in [0.5, 0.6) is 0 Å². The summed E-state index contributed by atoms with van der Waals surface area (Å²) in [4.78, 5) is 36.2. The van der Waals surface area contributed by atoms with Crippen molar-refractivity contribution >= 4 is 34.2 Å². The van der Waals surface area contributed by atoms with Crippen LogP contribution in [0.4, 0.5) is 5.00 Å². The third kappa shape index (κ3) is 3.24. The summed E-state index contributed by atoms with van der Waals surface area (Å²) < 4.78 is 10.9. The lowest BCUT2D eigenvalue weighted by molar-refractivity contribution is 0.0601. The van der Waals surface area contributed by atoms with Crippen molar-refractivity contribution in [3.05, 3.63) is 34.0 Å². The fourth-order valence-corrected chi connectivity index (χ4v) is 3.06. The monoisotopic (exact) mass is 337 g/mol. The van der Waals surface area contributed by atoms with E-state index in [1.165, 1.54) is 31.3 Å². The molecule has 0 aliphatic carbocycles. The number of hydrogen-bond acceptors (Lipinski definition) is 7. The van der Waals surface area contributed by atoms with E-state index in [4.69, 9.17) is 4.74 Å². The Bertz CT molecular complexity index is 777. The van der Waals surface area contributed by atoms with Gasteiger partial charge in [0.1, 0.15) is 9.88 Å². The maximum Gasteiger partial charge on any atom is 0.348 e. The second-order valence-electron chi connectivity index (χ2n) is 4.60. The summed E-state index contributed by atoms with van der Waals surface area (Å²) >= 11 is 0.958. The van der Waals surface area contributed by atoms with E-state index in [9.17, 15) is 14.4 Å². The molecule has 2 aromatic heterocycles. The van der Waals surface area contributed by atoms with E-state index in [2.05, 4.69) is 15.2 Å². The largest absolute Gasteiger partial charge is 0.465 e. The fourth-order valence-electron chi connectivity index (χ4n) is 1.95. The first-order valence-corrected chi connectivity index (χ1v) is 7.30. The smallest absolute Gasteiger partial charge is 0.348 e. The van der Waals surface area contributed by atoms with E-state index < -0.39 is 17.8 Å². The number of anilines is 1. The predicted octanol–water partition coefficient (Wildman–Crippen LogP) is 1.62. The van der Waals surface area contributed by atoms with Crippen LogP contribution in [0, 0.1) is 6.92 Å². The maximum atomic E-state index is 12.2. The number of carbonyl (C=O) groups excluding carboxylic acids is 3. The van der Waals surface area contributed by atoms with Gasteiger partial charge >= 0.3 is 11.9 Å². The molecular formula is C14H15N3O5S. The first kappa shape index (κ1) is 16.7. The highest BCUT2D eigenvalue weighted by atomic mass is 32.1. The molecule has 23 heavy (non-hydrogen) atoms. The van der Waals surface area contributed by atoms with Gasteiger partial charge in [-0.1, -0.05) is 0 Å². The van der Waals surface area contributed by atoms with E-state index in [-0.39, 0.29) is 15.4 Å². The van der Waals surface area contributed by atoms with Gasteiger partial charge in [0, 0.05) is 13.2 Å². The average Bonchev–Trinajstić information content (AvgIpc) is 3.10. The van der Waals surface area contributed by atoms with Crippen LogP contribution in [-0.4, -0.2) is 41.8 Å². The number of carbonyl (C=O) groups is 3. The Morgan fingerprint density at radius 3 is 2.39 bits per heavy atom. The molecule has 0 aromatic carbocycles. The Hall–Kier alpha value is -2.68. The van der Waals surface area contributed by atoms with Crippen LogP contribution >= 0.6 is 11.3 Å². The summed E-state index contributed by atoms with van der Waals surface area (Å²) in [5.41, 5.74) is 0.860. The first-order chi connectivity index (χ1) is 10.9. The van der Waals surface area contributed by atoms with Gasteiger partial charge in [0.25, 0.3) is 5.91 Å². The molecular weight excluding hydrogens is 322 g/mol. The molecule has 0 aliphatic heterocycles. The van der Waals surface area contributed by atoms with Gasteiger partial charge < -0.3 is 14.8 Å². The molecule has 0 spiro atoms. The number of thiophene rings is 1. The highest BCUT2D eigenvalue weighted by Crippen LogP contribution is 2.34. The van der Waals surface area contributed by atoms with Crippen LogP contribution in [0.15, 0.2) is 12.4 Å². The molecule has 2 rings (SSSR count). The zero-order valence-corrected chi connectivity index (χ0v) is 13.8. The minimum absolute atomic E-state index is 0.134. The Morgan fingerprint density at radius 1 is 1.22 bits per heavy atom. The van der Waals surface area contributed by atoms with Crippen LogP contribution < -0.4 is 5.32 Å². The summed E-state index contributed by atoms with van der Waals surface area (Å²) in [5, 5.41) is 6.75. The quantitative estimate of drug-likeness (QED) is 0.851. The Balaban J connectivity index is 2.42. The second kappa shape index (κ2) is 6.61. The molecule has 122 valence electrons. The van der Waals surface area contributed by atoms with Crippen molar-refractivity contribution in [3.8, 4) is 0 Å². The van der Waals surface area contributed by atoms with Gasteiger partial charge in [-0.05, 0) is 12.5 Å². The minimum atomic E-state index is -0.643. The van der Waals surface area contributed by atoms with Crippen LogP contribution in [-0.2, 0) is 16.5 Å². The summed E-state index contributed by atoms with van der Waals surface area (Å²) in [7, 11) is 4.15. The van der Waals surface area contributed by atoms with E-state index in [0.717, 1.165) is 11.3 Å². The van der Waals surface area contributed by atoms with Crippen LogP contribution in [0.2, 0.25) is 0 Å². The number of aryl methyl sites for hydroxylation is 1. The van der Waals surface area contributed by atoms with Gasteiger partial charge in [0.2, 0.25) is 0 Å². The van der Waals surface area contributed by atoms with Crippen molar-refractivity contribution in [3.63, 3.8) is 0 Å². The average molecular weight is 337 g/mol. The van der Waals surface area contributed by atoms with Crippen molar-refractivity contribution in [2.45, 2.75) is 6.92 Å². The van der Waals surface area contributed by atoms with Gasteiger partial charge in [-0.15, -0.1) is 11.3 Å². The van der Waals surface area contributed by atoms with Crippen molar-refractivity contribution in [1.29, 1.82) is 0 Å². The molecule has 1 N–H and O–H groups in total. The summed E-state index contributed by atoms with van der Waals surface area (Å²) in [6.07, 6.45) is 2.93. The standard InChI is InChI=1S/C14H15N3O5S/c1-7-9(13(19)21-3)12(23-10(7)14(20)22-4)16-11(18)8-5-15-17(2)6-8/h5-6H,1-4H3,(H,16,18). The van der Waals surface area contributed by atoms with E-state index in [0.29, 0.717) is 11.1 Å². The zero-order chi connectivity index (χ0) is 17.1. The van der Waals surface area contributed by atoms with Gasteiger partial charge in [0.05, 0.1) is 31.5 Å². The summed E-state index contributed by atoms with van der Waals surface area (Å²) in [5.74, 6) is -1.67. The number of esters is 2. The van der Waals surface area contributed by atoms with E-state index in [1.807, 2.05) is 0 Å². The first-order valence-electron chi connectivity index (χ1n) is 6.49. The maximum absolute atomic E-state index is 12.2. The van der Waals surface area contributed by atoms with E-state index in [1.54, 1.807) is 14.0 Å². The fraction of sp³-hybridized carbons (Fsp3) is 0.286. The minimum Gasteiger partial charge on any atom is -0.465 e. The molecule has 0 saturated heterocycles. The number of nitrogens with zero attached hydrogens (tertiary/aromatic N) is 2. The molecule has 8 nitrogen and oxygen atoms in total. The molecule has 0 unspecified atom stereocenters. The lowest BCUT2D eigenvalue weighted by Gasteiger charge is -2.04. The van der Waals surface area contributed by atoms with Crippen molar-refractivity contribution in [1.82, 2.24) is 9.78 Å². The third-order valence-electron chi connectivity index (χ3n) is 3.10. The molecule has 2 aromatic rings. The number of methoxy groups -OCH3 is 2. The number of aromatic nitrogens is 2. The summed E-state index contributed by atoms with van der Waals surface area (Å²) in [6.45, 7) is 1.59. The van der Waals surface area contributed by atoms with Crippen LogP contribution in [0.3, 0.4) is 0 Å². The van der Waals surface area contributed by atoms with Crippen LogP contribution in [0.1, 0.15) is 36.0 Å². The molecule has 9 heteroatoms. The third-order valence-corrected chi connectivity index (χ3v) is 4.29. The second-order valence-corrected chi connectivity index (χ2v) is 5.62. The zero-order valence-electron chi connectivity index (χ0n) is 13.0. The number of nitrogens with one attached hydrogen (secondary N) is 1. The number of ether oxygens (including phenoxy) is 2. The normalized spacial score (nSPS) is 10.3. The Morgan fingerprint density at radius 2 is 1.87 bits per heavy atom. The summed E-state index contributed by atoms with van der Waals surface area (Å²) in [6, 6.07) is 0. The van der Waals surface area contributed by atoms with Crippen molar-refractivity contribution in [2.75, 3.05) is 19.5 Å². The topological polar surface area (TPSA) is 99.5 Å². The Labute approximate surface area is 136 Å². The van der Waals surface area contributed by atoms with Crippen molar-refractivity contribution in [2.24, 2.45) is 7.05 Å². The SMILES string of the molecule is COC(=O)c1sc(NC(=O)c2cnn(C)c2)c(C(=O)OC)c1C. The molecule has 0 bridgehead atoms. The number of hydrogen-bond donors (Lipinski definition) is 1. The lowest BCUT2D eigenvalue weighted by atomic mass is 10.1. The van der Waals surface area contributed by atoms with E-state index >= 15 is 0 Å². The number of rotatable bonds is 4. The molecule has 2 heterocycles. The van der Waals surface area contributed by atoms with Crippen molar-refractivity contribution < 1.29 is 23.9 Å². The predicted molar refractivity (Wildman–Crippen MR) is 82.9 cm³/mol. The molecule has 0 aliphatic rings. The van der Waals surface area contributed by atoms with Crippen LogP contribution in [0.25, 0.3) is 0 Å². The lowest BCUT2D eigenvalue weighted by Crippen LogP contribution is -2.13. The van der Waals surface area contributed by atoms with Gasteiger partial charge in [-0.3, -0.25) is 9.48 Å². The van der Waals surface area contributed by atoms with Gasteiger partial charge in [-0.2, -0.15) is 5.10 Å². The number of amides is 1. The highest BCUT2D eigenvalue weighted by Gasteiger charge is 2.27. The molecule has 0 radical (unpaired) electrons. The highest BCUT2D eigenvalue weighted by molar-refractivity contribution is 7.18. The molecule has 0 atom stereocenters. The molecule has 0 fully saturated rings. The van der Waals surface area contributed by atoms with Gasteiger partial charge in [-0.25, -0.2) is 9.59 Å². The molecule has 0 saturated carbocycles. The van der Waals surface area contributed by atoms with Gasteiger partial charge in [0.15, 0.2) is 0 Å². The molecule has 1 amide bonds.